The first kappa shape index (κ1) is 16.1. The smallest absolute Gasteiger partial charge is 0.182 e. The highest BCUT2D eigenvalue weighted by molar-refractivity contribution is 6.03. The lowest BCUT2D eigenvalue weighted by Crippen LogP contribution is -2.54. The van der Waals surface area contributed by atoms with Crippen molar-refractivity contribution in [3.8, 4) is 23.0 Å². The quantitative estimate of drug-likeness (QED) is 0.678. The molecule has 0 atom stereocenters. The molecule has 0 spiro atoms. The largest absolute Gasteiger partial charge is 0.450 e. The lowest BCUT2D eigenvalue weighted by atomic mass is 9.90. The highest BCUT2D eigenvalue weighted by Crippen LogP contribution is 2.45. The van der Waals surface area contributed by atoms with Gasteiger partial charge in [0.2, 0.25) is 0 Å². The molecule has 2 aliphatic heterocycles. The number of carbonyl (C=O) groups excluding carboxylic acids is 1. The van der Waals surface area contributed by atoms with Crippen molar-refractivity contribution in [2.45, 2.75) is 19.4 Å². The third-order valence-electron chi connectivity index (χ3n) is 4.85. The second-order valence-corrected chi connectivity index (χ2v) is 6.80. The van der Waals surface area contributed by atoms with Crippen molar-refractivity contribution in [2.75, 3.05) is 26.3 Å². The molecule has 130 valence electrons. The van der Waals surface area contributed by atoms with Gasteiger partial charge in [0.1, 0.15) is 0 Å². The summed E-state index contributed by atoms with van der Waals surface area (Å²) in [5.41, 5.74) is 0.0315. The zero-order valence-electron chi connectivity index (χ0n) is 14.5. The van der Waals surface area contributed by atoms with E-state index >= 15 is 0 Å². The van der Waals surface area contributed by atoms with Crippen molar-refractivity contribution >= 4 is 5.78 Å². The first-order chi connectivity index (χ1) is 12.1. The highest BCUT2D eigenvalue weighted by Gasteiger charge is 2.36. The van der Waals surface area contributed by atoms with Crippen molar-refractivity contribution in [1.82, 2.24) is 4.90 Å². The van der Waals surface area contributed by atoms with E-state index < -0.39 is 5.54 Å². The Morgan fingerprint density at radius 2 is 1.52 bits per heavy atom. The van der Waals surface area contributed by atoms with Gasteiger partial charge in [0, 0.05) is 18.7 Å². The van der Waals surface area contributed by atoms with Crippen LogP contribution in [0.25, 0.3) is 0 Å². The predicted octanol–water partition coefficient (Wildman–Crippen LogP) is 3.88. The number of benzene rings is 2. The molecule has 2 heterocycles. The SMILES string of the molecule is CC(C)(C(=O)c1ccc2c(c1)Oc1ccccc1O2)N1CCOCC1. The lowest BCUT2D eigenvalue weighted by molar-refractivity contribution is -0.00430. The van der Waals surface area contributed by atoms with Gasteiger partial charge in [0.05, 0.1) is 18.8 Å². The topological polar surface area (TPSA) is 48.0 Å². The van der Waals surface area contributed by atoms with Gasteiger partial charge >= 0.3 is 0 Å². The number of nitrogens with zero attached hydrogens (tertiary/aromatic N) is 1. The molecule has 2 aliphatic rings. The summed E-state index contributed by atoms with van der Waals surface area (Å²) < 4.78 is 17.2. The van der Waals surface area contributed by atoms with Gasteiger partial charge in [-0.2, -0.15) is 0 Å². The van der Waals surface area contributed by atoms with Gasteiger partial charge in [-0.3, -0.25) is 9.69 Å². The van der Waals surface area contributed by atoms with Crippen molar-refractivity contribution in [2.24, 2.45) is 0 Å². The van der Waals surface area contributed by atoms with E-state index in [1.54, 1.807) is 18.2 Å². The van der Waals surface area contributed by atoms with Crippen LogP contribution in [0.1, 0.15) is 24.2 Å². The van der Waals surface area contributed by atoms with Crippen LogP contribution in [0.5, 0.6) is 23.0 Å². The normalized spacial score (nSPS) is 17.0. The molecule has 0 unspecified atom stereocenters. The Hall–Kier alpha value is -2.37. The van der Waals surface area contributed by atoms with E-state index in [4.69, 9.17) is 14.2 Å². The molecule has 2 aromatic rings. The minimum Gasteiger partial charge on any atom is -0.450 e. The molecule has 1 saturated heterocycles. The number of Topliss-reactive ketones (excluding diaryl/α,β-unsaturated/α-hetero) is 1. The van der Waals surface area contributed by atoms with Gasteiger partial charge in [0.15, 0.2) is 28.8 Å². The van der Waals surface area contributed by atoms with Crippen LogP contribution in [-0.4, -0.2) is 42.5 Å². The predicted molar refractivity (Wildman–Crippen MR) is 93.8 cm³/mol. The molecule has 0 aromatic heterocycles. The maximum Gasteiger partial charge on any atom is 0.182 e. The summed E-state index contributed by atoms with van der Waals surface area (Å²) in [6, 6.07) is 12.9. The maximum atomic E-state index is 13.1. The standard InChI is InChI=1S/C20H21NO4/c1-20(2,21-9-11-23-12-10-21)19(22)14-7-8-17-18(13-14)25-16-6-4-3-5-15(16)24-17/h3-8,13H,9-12H2,1-2H3. The third kappa shape index (κ3) is 2.90. The average Bonchev–Trinajstić information content (AvgIpc) is 2.66. The van der Waals surface area contributed by atoms with E-state index in [9.17, 15) is 4.79 Å². The lowest BCUT2D eigenvalue weighted by Gasteiger charge is -2.39. The summed E-state index contributed by atoms with van der Waals surface area (Å²) >= 11 is 0. The Kier molecular flexibility index (Phi) is 3.98. The Balaban J connectivity index is 1.61. The van der Waals surface area contributed by atoms with Crippen molar-refractivity contribution in [3.05, 3.63) is 48.0 Å². The van der Waals surface area contributed by atoms with E-state index in [0.717, 1.165) is 13.1 Å². The van der Waals surface area contributed by atoms with E-state index in [2.05, 4.69) is 4.90 Å². The summed E-state index contributed by atoms with van der Waals surface area (Å²) in [4.78, 5) is 15.3. The number of hydrogen-bond acceptors (Lipinski definition) is 5. The molecule has 0 aliphatic carbocycles. The summed E-state index contributed by atoms with van der Waals surface area (Å²) in [5, 5.41) is 0. The molecule has 0 bridgehead atoms. The van der Waals surface area contributed by atoms with Gasteiger partial charge in [-0.15, -0.1) is 0 Å². The van der Waals surface area contributed by atoms with Crippen molar-refractivity contribution in [3.63, 3.8) is 0 Å². The fourth-order valence-corrected chi connectivity index (χ4v) is 3.29. The maximum absolute atomic E-state index is 13.1. The number of hydrogen-bond donors (Lipinski definition) is 0. The molecule has 5 heteroatoms. The molecular weight excluding hydrogens is 318 g/mol. The molecule has 0 radical (unpaired) electrons. The molecule has 4 rings (SSSR count). The van der Waals surface area contributed by atoms with Gasteiger partial charge in [-0.25, -0.2) is 0 Å². The summed E-state index contributed by atoms with van der Waals surface area (Å²) in [6.07, 6.45) is 0. The summed E-state index contributed by atoms with van der Waals surface area (Å²) in [5.74, 6) is 2.61. The van der Waals surface area contributed by atoms with Crippen LogP contribution in [0.3, 0.4) is 0 Å². The molecule has 5 nitrogen and oxygen atoms in total. The number of ketones is 1. The second kappa shape index (κ2) is 6.17. The minimum absolute atomic E-state index is 0.0691. The number of ether oxygens (including phenoxy) is 3. The van der Waals surface area contributed by atoms with Crippen LogP contribution in [-0.2, 0) is 4.74 Å². The highest BCUT2D eigenvalue weighted by atomic mass is 16.6. The third-order valence-corrected chi connectivity index (χ3v) is 4.85. The Morgan fingerprint density at radius 1 is 0.920 bits per heavy atom. The number of rotatable bonds is 3. The van der Waals surface area contributed by atoms with E-state index in [0.29, 0.717) is 41.8 Å². The molecule has 1 fully saturated rings. The Bertz CT molecular complexity index is 809. The van der Waals surface area contributed by atoms with Crippen LogP contribution in [0, 0.1) is 0 Å². The molecular formula is C20H21NO4. The van der Waals surface area contributed by atoms with E-state index in [-0.39, 0.29) is 5.78 Å². The number of carbonyl (C=O) groups is 1. The van der Waals surface area contributed by atoms with Crippen LogP contribution in [0.15, 0.2) is 42.5 Å². The molecule has 2 aromatic carbocycles. The Morgan fingerprint density at radius 3 is 2.20 bits per heavy atom. The molecule has 0 amide bonds. The summed E-state index contributed by atoms with van der Waals surface area (Å²) in [6.45, 7) is 6.77. The van der Waals surface area contributed by atoms with Gasteiger partial charge < -0.3 is 14.2 Å². The summed E-state index contributed by atoms with van der Waals surface area (Å²) in [7, 11) is 0. The zero-order valence-corrected chi connectivity index (χ0v) is 14.5. The Labute approximate surface area is 147 Å². The van der Waals surface area contributed by atoms with Crippen LogP contribution in [0.4, 0.5) is 0 Å². The van der Waals surface area contributed by atoms with Crippen LogP contribution < -0.4 is 9.47 Å². The van der Waals surface area contributed by atoms with Gasteiger partial charge in [-0.1, -0.05) is 12.1 Å². The number of para-hydroxylation sites is 2. The zero-order chi connectivity index (χ0) is 17.4. The molecule has 0 N–H and O–H groups in total. The number of fused-ring (bicyclic) bond motifs is 2. The van der Waals surface area contributed by atoms with Crippen LogP contribution >= 0.6 is 0 Å². The average molecular weight is 339 g/mol. The first-order valence-corrected chi connectivity index (χ1v) is 8.52. The van der Waals surface area contributed by atoms with Crippen LogP contribution in [0.2, 0.25) is 0 Å². The van der Waals surface area contributed by atoms with Gasteiger partial charge in [-0.05, 0) is 44.2 Å². The second-order valence-electron chi connectivity index (χ2n) is 6.80. The molecule has 25 heavy (non-hydrogen) atoms. The monoisotopic (exact) mass is 339 g/mol. The van der Waals surface area contributed by atoms with Crippen molar-refractivity contribution < 1.29 is 19.0 Å². The molecule has 0 saturated carbocycles. The number of morpholine rings is 1. The van der Waals surface area contributed by atoms with E-state index in [1.165, 1.54) is 0 Å². The van der Waals surface area contributed by atoms with E-state index in [1.807, 2.05) is 38.1 Å². The van der Waals surface area contributed by atoms with Crippen molar-refractivity contribution in [1.29, 1.82) is 0 Å². The fraction of sp³-hybridized carbons (Fsp3) is 0.350. The fourth-order valence-electron chi connectivity index (χ4n) is 3.29. The minimum atomic E-state index is -0.592. The van der Waals surface area contributed by atoms with Gasteiger partial charge in [0.25, 0.3) is 0 Å². The first-order valence-electron chi connectivity index (χ1n) is 8.52.